The van der Waals surface area contributed by atoms with E-state index in [1.807, 2.05) is 24.3 Å². The van der Waals surface area contributed by atoms with Gasteiger partial charge < -0.3 is 9.47 Å². The van der Waals surface area contributed by atoms with Crippen molar-refractivity contribution in [1.82, 2.24) is 0 Å². The molecule has 0 aliphatic carbocycles. The van der Waals surface area contributed by atoms with Gasteiger partial charge in [-0.15, -0.1) is 0 Å². The molecule has 0 saturated heterocycles. The van der Waals surface area contributed by atoms with E-state index in [1.165, 1.54) is 18.4 Å². The maximum Gasteiger partial charge on any atom is 0.387 e. The molecule has 2 rings (SSSR count). The Bertz CT molecular complexity index is 580. The summed E-state index contributed by atoms with van der Waals surface area (Å²) in [7, 11) is 0. The van der Waals surface area contributed by atoms with E-state index in [0.29, 0.717) is 0 Å². The molecule has 0 N–H and O–H groups in total. The highest BCUT2D eigenvalue weighted by Crippen LogP contribution is 2.18. The quantitative estimate of drug-likeness (QED) is 0.523. The van der Waals surface area contributed by atoms with Crippen LogP contribution in [0.5, 0.6) is 11.5 Å². The predicted octanol–water partition coefficient (Wildman–Crippen LogP) is 5.64. The Morgan fingerprint density at radius 3 is 1.83 bits per heavy atom. The van der Waals surface area contributed by atoms with Crippen LogP contribution < -0.4 is 9.47 Å². The third kappa shape index (κ3) is 6.57. The fourth-order valence-electron chi connectivity index (χ4n) is 2.42. The van der Waals surface area contributed by atoms with E-state index < -0.39 is 6.61 Å². The molecule has 0 aliphatic rings. The van der Waals surface area contributed by atoms with Crippen molar-refractivity contribution in [2.75, 3.05) is 6.61 Å². The number of halogens is 2. The number of hydrogen-bond acceptors (Lipinski definition) is 2. The van der Waals surface area contributed by atoms with Crippen molar-refractivity contribution >= 4 is 0 Å². The Morgan fingerprint density at radius 1 is 0.792 bits per heavy atom. The standard InChI is InChI=1S/C20H24F2O2/c1-2-3-4-15-23-18-11-7-16(8-12-18)5-6-17-9-13-19(14-10-17)24-20(21)22/h7-14,20H,2-6,15H2,1H3. The zero-order chi connectivity index (χ0) is 17.2. The van der Waals surface area contributed by atoms with E-state index in [2.05, 4.69) is 23.8 Å². The van der Waals surface area contributed by atoms with Crippen LogP contribution in [0.3, 0.4) is 0 Å². The average molecular weight is 334 g/mol. The molecule has 0 saturated carbocycles. The van der Waals surface area contributed by atoms with E-state index in [9.17, 15) is 8.78 Å². The number of ether oxygens (including phenoxy) is 2. The highest BCUT2D eigenvalue weighted by molar-refractivity contribution is 5.30. The van der Waals surface area contributed by atoms with Crippen LogP contribution in [0.25, 0.3) is 0 Å². The summed E-state index contributed by atoms with van der Waals surface area (Å²) in [6, 6.07) is 14.9. The molecular formula is C20H24F2O2. The highest BCUT2D eigenvalue weighted by atomic mass is 19.3. The number of benzene rings is 2. The molecule has 0 atom stereocenters. The van der Waals surface area contributed by atoms with Crippen LogP contribution in [0.4, 0.5) is 8.78 Å². The summed E-state index contributed by atoms with van der Waals surface area (Å²) in [5, 5.41) is 0. The molecule has 24 heavy (non-hydrogen) atoms. The van der Waals surface area contributed by atoms with E-state index >= 15 is 0 Å². The number of rotatable bonds is 10. The van der Waals surface area contributed by atoms with Crippen LogP contribution in [-0.4, -0.2) is 13.2 Å². The smallest absolute Gasteiger partial charge is 0.387 e. The van der Waals surface area contributed by atoms with Gasteiger partial charge in [0.25, 0.3) is 0 Å². The maximum atomic E-state index is 12.1. The van der Waals surface area contributed by atoms with E-state index in [-0.39, 0.29) is 5.75 Å². The fraction of sp³-hybridized carbons (Fsp3) is 0.400. The predicted molar refractivity (Wildman–Crippen MR) is 91.9 cm³/mol. The lowest BCUT2D eigenvalue weighted by atomic mass is 10.0. The minimum Gasteiger partial charge on any atom is -0.494 e. The lowest BCUT2D eigenvalue weighted by Gasteiger charge is -2.08. The van der Waals surface area contributed by atoms with E-state index in [4.69, 9.17) is 4.74 Å². The molecule has 0 aromatic heterocycles. The molecule has 0 spiro atoms. The minimum absolute atomic E-state index is 0.193. The van der Waals surface area contributed by atoms with Crippen LogP contribution in [-0.2, 0) is 12.8 Å². The second kappa shape index (κ2) is 9.91. The SMILES string of the molecule is CCCCCOc1ccc(CCc2ccc(OC(F)F)cc2)cc1. The van der Waals surface area contributed by atoms with Crippen molar-refractivity contribution in [2.24, 2.45) is 0 Å². The molecule has 130 valence electrons. The van der Waals surface area contributed by atoms with Crippen LogP contribution in [0, 0.1) is 0 Å². The van der Waals surface area contributed by atoms with Crippen LogP contribution >= 0.6 is 0 Å². The molecule has 0 radical (unpaired) electrons. The average Bonchev–Trinajstić information content (AvgIpc) is 2.59. The third-order valence-electron chi connectivity index (χ3n) is 3.79. The highest BCUT2D eigenvalue weighted by Gasteiger charge is 2.04. The zero-order valence-electron chi connectivity index (χ0n) is 14.0. The van der Waals surface area contributed by atoms with Gasteiger partial charge in [-0.05, 0) is 54.7 Å². The topological polar surface area (TPSA) is 18.5 Å². The molecule has 2 aromatic rings. The van der Waals surface area contributed by atoms with Crippen molar-refractivity contribution < 1.29 is 18.3 Å². The summed E-state index contributed by atoms with van der Waals surface area (Å²) in [5.74, 6) is 1.10. The molecule has 0 fully saturated rings. The van der Waals surface area contributed by atoms with E-state index in [1.54, 1.807) is 12.1 Å². The van der Waals surface area contributed by atoms with Crippen LogP contribution in [0.1, 0.15) is 37.3 Å². The van der Waals surface area contributed by atoms with Gasteiger partial charge in [-0.3, -0.25) is 0 Å². The lowest BCUT2D eigenvalue weighted by Crippen LogP contribution is -2.01. The summed E-state index contributed by atoms with van der Waals surface area (Å²) < 4.78 is 34.3. The summed E-state index contributed by atoms with van der Waals surface area (Å²) in [6.07, 6.45) is 5.22. The van der Waals surface area contributed by atoms with Gasteiger partial charge in [-0.1, -0.05) is 44.0 Å². The largest absolute Gasteiger partial charge is 0.494 e. The molecule has 0 amide bonds. The van der Waals surface area contributed by atoms with Crippen molar-refractivity contribution in [1.29, 1.82) is 0 Å². The van der Waals surface area contributed by atoms with Gasteiger partial charge >= 0.3 is 6.61 Å². The molecule has 2 aromatic carbocycles. The van der Waals surface area contributed by atoms with Gasteiger partial charge in [0.1, 0.15) is 11.5 Å². The Hall–Kier alpha value is -2.10. The summed E-state index contributed by atoms with van der Waals surface area (Å²) in [5.41, 5.74) is 2.32. The Kier molecular flexibility index (Phi) is 7.53. The molecule has 0 unspecified atom stereocenters. The molecule has 0 bridgehead atoms. The van der Waals surface area contributed by atoms with Crippen molar-refractivity contribution in [3.63, 3.8) is 0 Å². The monoisotopic (exact) mass is 334 g/mol. The number of aryl methyl sites for hydroxylation is 2. The zero-order valence-corrected chi connectivity index (χ0v) is 14.0. The number of hydrogen-bond donors (Lipinski definition) is 0. The lowest BCUT2D eigenvalue weighted by molar-refractivity contribution is -0.0498. The van der Waals surface area contributed by atoms with Crippen LogP contribution in [0.2, 0.25) is 0 Å². The van der Waals surface area contributed by atoms with Crippen molar-refractivity contribution in [3.05, 3.63) is 59.7 Å². The first kappa shape index (κ1) is 18.2. The van der Waals surface area contributed by atoms with E-state index in [0.717, 1.165) is 37.2 Å². The number of alkyl halides is 2. The Balaban J connectivity index is 1.77. The van der Waals surface area contributed by atoms with Gasteiger partial charge in [0, 0.05) is 0 Å². The van der Waals surface area contributed by atoms with Gasteiger partial charge in [0.2, 0.25) is 0 Å². The molecule has 2 nitrogen and oxygen atoms in total. The van der Waals surface area contributed by atoms with Gasteiger partial charge in [0.05, 0.1) is 6.61 Å². The second-order valence-electron chi connectivity index (χ2n) is 5.72. The van der Waals surface area contributed by atoms with Crippen molar-refractivity contribution in [2.45, 2.75) is 45.6 Å². The first-order valence-corrected chi connectivity index (χ1v) is 8.43. The second-order valence-corrected chi connectivity index (χ2v) is 5.72. The molecule has 4 heteroatoms. The van der Waals surface area contributed by atoms with Gasteiger partial charge in [-0.25, -0.2) is 0 Å². The molecule has 0 aliphatic heterocycles. The normalized spacial score (nSPS) is 10.8. The Morgan fingerprint density at radius 2 is 1.33 bits per heavy atom. The third-order valence-corrected chi connectivity index (χ3v) is 3.79. The summed E-state index contributed by atoms with van der Waals surface area (Å²) in [4.78, 5) is 0. The maximum absolute atomic E-state index is 12.1. The Labute approximate surface area is 142 Å². The van der Waals surface area contributed by atoms with Gasteiger partial charge in [-0.2, -0.15) is 8.78 Å². The number of unbranched alkanes of at least 4 members (excludes halogenated alkanes) is 2. The van der Waals surface area contributed by atoms with Crippen molar-refractivity contribution in [3.8, 4) is 11.5 Å². The minimum atomic E-state index is -2.78. The first-order chi connectivity index (χ1) is 11.7. The fourth-order valence-corrected chi connectivity index (χ4v) is 2.42. The van der Waals surface area contributed by atoms with Crippen LogP contribution in [0.15, 0.2) is 48.5 Å². The summed E-state index contributed by atoms with van der Waals surface area (Å²) in [6.45, 7) is 0.160. The molecule has 0 heterocycles. The van der Waals surface area contributed by atoms with Gasteiger partial charge in [0.15, 0.2) is 0 Å². The molecular weight excluding hydrogens is 310 g/mol. The first-order valence-electron chi connectivity index (χ1n) is 8.43. The summed E-state index contributed by atoms with van der Waals surface area (Å²) >= 11 is 0.